The molecule has 0 aromatic heterocycles. The Morgan fingerprint density at radius 2 is 1.68 bits per heavy atom. The lowest BCUT2D eigenvalue weighted by atomic mass is 10.1. The van der Waals surface area contributed by atoms with Crippen LogP contribution < -0.4 is 19.3 Å². The standard InChI is InChI=1S/C21H31N3O3S/c1-15-13-21(16(2)12-20(15)27-7)28(25,26)22-14-19(24(5)6)17-8-10-18(11-9-17)23(3)4/h8-13,19,22H,14H2,1-7H3/p+1/t19-/m0/s1. The number of sulfonamides is 1. The average molecular weight is 407 g/mol. The van der Waals surface area contributed by atoms with Gasteiger partial charge in [0.25, 0.3) is 0 Å². The summed E-state index contributed by atoms with van der Waals surface area (Å²) < 4.78 is 34.0. The Labute approximate surface area is 169 Å². The Morgan fingerprint density at radius 3 is 2.18 bits per heavy atom. The maximum absolute atomic E-state index is 12.9. The van der Waals surface area contributed by atoms with E-state index in [1.807, 2.05) is 40.0 Å². The summed E-state index contributed by atoms with van der Waals surface area (Å²) in [5.74, 6) is 0.688. The van der Waals surface area contributed by atoms with Gasteiger partial charge in [-0.3, -0.25) is 0 Å². The maximum Gasteiger partial charge on any atom is 0.241 e. The van der Waals surface area contributed by atoms with Crippen LogP contribution in [0, 0.1) is 13.8 Å². The van der Waals surface area contributed by atoms with Gasteiger partial charge in [-0.15, -0.1) is 0 Å². The molecule has 0 aliphatic heterocycles. The van der Waals surface area contributed by atoms with E-state index in [0.29, 0.717) is 22.8 Å². The largest absolute Gasteiger partial charge is 0.496 e. The van der Waals surface area contributed by atoms with Gasteiger partial charge in [-0.1, -0.05) is 12.1 Å². The van der Waals surface area contributed by atoms with Crippen molar-refractivity contribution >= 4 is 15.7 Å². The van der Waals surface area contributed by atoms with Crippen molar-refractivity contribution in [1.82, 2.24) is 4.72 Å². The summed E-state index contributed by atoms with van der Waals surface area (Å²) in [7, 11) is 6.01. The van der Waals surface area contributed by atoms with E-state index in [0.717, 1.165) is 21.7 Å². The minimum Gasteiger partial charge on any atom is -0.496 e. The summed E-state index contributed by atoms with van der Waals surface area (Å²) in [6.07, 6.45) is 0. The monoisotopic (exact) mass is 406 g/mol. The Balaban J connectivity index is 2.24. The van der Waals surface area contributed by atoms with Crippen LogP contribution in [0.1, 0.15) is 22.7 Å². The predicted octanol–water partition coefficient (Wildman–Crippen LogP) is 1.54. The first-order valence-electron chi connectivity index (χ1n) is 9.29. The lowest BCUT2D eigenvalue weighted by Crippen LogP contribution is -3.07. The highest BCUT2D eigenvalue weighted by atomic mass is 32.2. The molecule has 154 valence electrons. The summed E-state index contributed by atoms with van der Waals surface area (Å²) in [5, 5.41) is 0. The van der Waals surface area contributed by atoms with Crippen molar-refractivity contribution in [2.45, 2.75) is 24.8 Å². The number of anilines is 1. The molecule has 7 heteroatoms. The number of aryl methyl sites for hydroxylation is 2. The summed E-state index contributed by atoms with van der Waals surface area (Å²) >= 11 is 0. The van der Waals surface area contributed by atoms with E-state index in [1.54, 1.807) is 26.2 Å². The molecule has 28 heavy (non-hydrogen) atoms. The molecular weight excluding hydrogens is 374 g/mol. The van der Waals surface area contributed by atoms with E-state index in [2.05, 4.69) is 29.0 Å². The molecule has 2 aromatic rings. The number of hydrogen-bond acceptors (Lipinski definition) is 4. The second kappa shape index (κ2) is 8.94. The van der Waals surface area contributed by atoms with Crippen LogP contribution in [-0.4, -0.2) is 50.3 Å². The number of ether oxygens (including phenoxy) is 1. The predicted molar refractivity (Wildman–Crippen MR) is 114 cm³/mol. The Bertz CT molecular complexity index is 907. The Kier molecular flexibility index (Phi) is 7.09. The van der Waals surface area contributed by atoms with Gasteiger partial charge in [0.05, 0.1) is 32.6 Å². The molecule has 2 rings (SSSR count). The molecular formula is C21H32N3O3S+. The molecule has 6 nitrogen and oxygen atoms in total. The van der Waals surface area contributed by atoms with Gasteiger partial charge >= 0.3 is 0 Å². The summed E-state index contributed by atoms with van der Waals surface area (Å²) in [4.78, 5) is 3.49. The van der Waals surface area contributed by atoms with E-state index in [1.165, 1.54) is 0 Å². The van der Waals surface area contributed by atoms with Crippen LogP contribution in [0.3, 0.4) is 0 Å². The number of quaternary nitrogens is 1. The molecule has 2 N–H and O–H groups in total. The summed E-state index contributed by atoms with van der Waals surface area (Å²) in [5.41, 5.74) is 3.67. The normalized spacial score (nSPS) is 12.9. The van der Waals surface area contributed by atoms with Crippen molar-refractivity contribution < 1.29 is 18.1 Å². The third kappa shape index (κ3) is 5.04. The molecule has 2 aromatic carbocycles. The average Bonchev–Trinajstić information content (AvgIpc) is 2.63. The van der Waals surface area contributed by atoms with Crippen molar-refractivity contribution in [3.63, 3.8) is 0 Å². The van der Waals surface area contributed by atoms with E-state index < -0.39 is 10.0 Å². The zero-order valence-corrected chi connectivity index (χ0v) is 18.6. The number of likely N-dealkylation sites (N-methyl/N-ethyl adjacent to an activating group) is 1. The van der Waals surface area contributed by atoms with E-state index in [-0.39, 0.29) is 6.04 Å². The minimum atomic E-state index is -3.62. The molecule has 0 fully saturated rings. The smallest absolute Gasteiger partial charge is 0.241 e. The zero-order valence-electron chi connectivity index (χ0n) is 17.8. The highest BCUT2D eigenvalue weighted by molar-refractivity contribution is 7.89. The number of nitrogens with zero attached hydrogens (tertiary/aromatic N) is 1. The molecule has 0 unspecified atom stereocenters. The first-order chi connectivity index (χ1) is 13.1. The van der Waals surface area contributed by atoms with Crippen molar-refractivity contribution in [3.8, 4) is 5.75 Å². The minimum absolute atomic E-state index is 0.00522. The number of rotatable bonds is 8. The van der Waals surface area contributed by atoms with Crippen LogP contribution >= 0.6 is 0 Å². The van der Waals surface area contributed by atoms with Crippen molar-refractivity contribution in [3.05, 3.63) is 53.1 Å². The molecule has 0 radical (unpaired) electrons. The highest BCUT2D eigenvalue weighted by Gasteiger charge is 2.24. The lowest BCUT2D eigenvalue weighted by Gasteiger charge is -2.23. The van der Waals surface area contributed by atoms with E-state index in [4.69, 9.17) is 4.74 Å². The van der Waals surface area contributed by atoms with Crippen molar-refractivity contribution in [2.24, 2.45) is 0 Å². The highest BCUT2D eigenvalue weighted by Crippen LogP contribution is 2.25. The SMILES string of the molecule is COc1cc(C)c(S(=O)(=O)NC[C@@H](c2ccc(N(C)C)cc2)[NH+](C)C)cc1C. The van der Waals surface area contributed by atoms with Crippen LogP contribution in [0.25, 0.3) is 0 Å². The van der Waals surface area contributed by atoms with Gasteiger partial charge in [-0.2, -0.15) is 0 Å². The lowest BCUT2D eigenvalue weighted by molar-refractivity contribution is -0.890. The fourth-order valence-corrected chi connectivity index (χ4v) is 4.56. The third-order valence-electron chi connectivity index (χ3n) is 4.97. The molecule has 1 atom stereocenters. The Hall–Kier alpha value is -2.09. The van der Waals surface area contributed by atoms with E-state index >= 15 is 0 Å². The second-order valence-corrected chi connectivity index (χ2v) is 9.29. The fourth-order valence-electron chi connectivity index (χ4n) is 3.20. The molecule has 0 bridgehead atoms. The molecule has 0 aliphatic carbocycles. The van der Waals surface area contributed by atoms with Crippen molar-refractivity contribution in [2.75, 3.05) is 46.7 Å². The van der Waals surface area contributed by atoms with Gasteiger partial charge in [-0.05, 0) is 49.2 Å². The van der Waals surface area contributed by atoms with Crippen LogP contribution in [0.15, 0.2) is 41.3 Å². The van der Waals surface area contributed by atoms with Crippen LogP contribution in [-0.2, 0) is 10.0 Å². The van der Waals surface area contributed by atoms with Crippen LogP contribution in [0.2, 0.25) is 0 Å². The molecule has 0 aliphatic rings. The molecule has 0 saturated carbocycles. The topological polar surface area (TPSA) is 63.1 Å². The van der Waals surface area contributed by atoms with Gasteiger partial charge in [0.2, 0.25) is 10.0 Å². The Morgan fingerprint density at radius 1 is 1.07 bits per heavy atom. The van der Waals surface area contributed by atoms with Gasteiger partial charge in [0.15, 0.2) is 0 Å². The van der Waals surface area contributed by atoms with Gasteiger partial charge in [0, 0.05) is 25.3 Å². The zero-order chi connectivity index (χ0) is 21.1. The number of methoxy groups -OCH3 is 1. The van der Waals surface area contributed by atoms with E-state index in [9.17, 15) is 8.42 Å². The second-order valence-electron chi connectivity index (χ2n) is 7.56. The first kappa shape index (κ1) is 22.2. The summed E-state index contributed by atoms with van der Waals surface area (Å²) in [6.45, 7) is 3.94. The number of benzene rings is 2. The molecule has 0 saturated heterocycles. The van der Waals surface area contributed by atoms with Gasteiger partial charge < -0.3 is 14.5 Å². The molecule has 0 heterocycles. The third-order valence-corrected chi connectivity index (χ3v) is 6.53. The maximum atomic E-state index is 12.9. The van der Waals surface area contributed by atoms with Crippen LogP contribution in [0.4, 0.5) is 5.69 Å². The number of hydrogen-bond donors (Lipinski definition) is 2. The van der Waals surface area contributed by atoms with Crippen molar-refractivity contribution in [1.29, 1.82) is 0 Å². The van der Waals surface area contributed by atoms with Crippen LogP contribution in [0.5, 0.6) is 5.75 Å². The first-order valence-corrected chi connectivity index (χ1v) is 10.8. The quantitative estimate of drug-likeness (QED) is 0.698. The molecule has 0 amide bonds. The van der Waals surface area contributed by atoms with Gasteiger partial charge in [-0.25, -0.2) is 13.1 Å². The number of nitrogens with one attached hydrogen (secondary N) is 2. The summed E-state index contributed by atoms with van der Waals surface area (Å²) in [6, 6.07) is 11.7. The fraction of sp³-hybridized carbons (Fsp3) is 0.429. The molecule has 0 spiro atoms. The van der Waals surface area contributed by atoms with Gasteiger partial charge in [0.1, 0.15) is 11.8 Å².